The number of hydrogen-bond donors (Lipinski definition) is 0. The molecule has 0 aliphatic rings. The van der Waals surface area contributed by atoms with E-state index in [2.05, 4.69) is 30.9 Å². The maximum absolute atomic E-state index is 4.98. The molecule has 0 amide bonds. The zero-order chi connectivity index (χ0) is 9.40. The lowest BCUT2D eigenvalue weighted by atomic mass is 10.4. The summed E-state index contributed by atoms with van der Waals surface area (Å²) in [6.07, 6.45) is 1.13. The maximum atomic E-state index is 4.98. The Kier molecular flexibility index (Phi) is 7.45. The fraction of sp³-hybridized carbons (Fsp3) is 1.00. The molecule has 12 heavy (non-hydrogen) atoms. The summed E-state index contributed by atoms with van der Waals surface area (Å²) in [6, 6.07) is 0. The van der Waals surface area contributed by atoms with E-state index in [0.29, 0.717) is 0 Å². The van der Waals surface area contributed by atoms with Crippen LogP contribution < -0.4 is 0 Å². The molecule has 0 fully saturated rings. The van der Waals surface area contributed by atoms with Crippen LogP contribution in [0.2, 0.25) is 0 Å². The van der Waals surface area contributed by atoms with Crippen LogP contribution in [0.25, 0.3) is 0 Å². The highest BCUT2D eigenvalue weighted by molar-refractivity contribution is 4.53. The van der Waals surface area contributed by atoms with E-state index < -0.39 is 0 Å². The van der Waals surface area contributed by atoms with E-state index in [9.17, 15) is 0 Å². The van der Waals surface area contributed by atoms with Gasteiger partial charge in [-0.25, -0.2) is 0 Å². The lowest BCUT2D eigenvalue weighted by Gasteiger charge is -2.18. The smallest absolute Gasteiger partial charge is 0.0474 e. The summed E-state index contributed by atoms with van der Waals surface area (Å²) in [5.41, 5.74) is 0. The first-order chi connectivity index (χ1) is 5.66. The quantitative estimate of drug-likeness (QED) is 0.523. The van der Waals surface area contributed by atoms with Crippen LogP contribution in [-0.2, 0) is 4.74 Å². The zero-order valence-corrected chi connectivity index (χ0v) is 8.84. The van der Waals surface area contributed by atoms with Crippen LogP contribution in [0.3, 0.4) is 0 Å². The molecule has 0 spiro atoms. The average Bonchev–Trinajstić information content (AvgIpc) is 2.01. The molecule has 0 atom stereocenters. The van der Waals surface area contributed by atoms with Crippen molar-refractivity contribution in [3.8, 4) is 0 Å². The van der Waals surface area contributed by atoms with Crippen molar-refractivity contribution in [2.24, 2.45) is 0 Å². The molecule has 0 aromatic rings. The summed E-state index contributed by atoms with van der Waals surface area (Å²) in [4.78, 5) is 4.53. The van der Waals surface area contributed by atoms with Gasteiger partial charge in [-0.15, -0.1) is 0 Å². The maximum Gasteiger partial charge on any atom is 0.0474 e. The molecule has 0 aromatic heterocycles. The van der Waals surface area contributed by atoms with Crippen LogP contribution in [-0.4, -0.2) is 64.3 Å². The van der Waals surface area contributed by atoms with Crippen molar-refractivity contribution >= 4 is 0 Å². The summed E-state index contributed by atoms with van der Waals surface area (Å²) in [5.74, 6) is 0. The minimum Gasteiger partial charge on any atom is -0.385 e. The van der Waals surface area contributed by atoms with Crippen LogP contribution >= 0.6 is 0 Å². The van der Waals surface area contributed by atoms with Gasteiger partial charge in [0, 0.05) is 33.4 Å². The summed E-state index contributed by atoms with van der Waals surface area (Å²) >= 11 is 0. The van der Waals surface area contributed by atoms with Crippen molar-refractivity contribution in [2.45, 2.75) is 6.42 Å². The van der Waals surface area contributed by atoms with Crippen molar-refractivity contribution in [1.82, 2.24) is 9.80 Å². The predicted octanol–water partition coefficient (Wildman–Crippen LogP) is 0.516. The van der Waals surface area contributed by atoms with E-state index in [-0.39, 0.29) is 0 Å². The first-order valence-electron chi connectivity index (χ1n) is 4.49. The molecule has 0 aromatic carbocycles. The van der Waals surface area contributed by atoms with Gasteiger partial charge in [0.25, 0.3) is 0 Å². The molecule has 0 saturated heterocycles. The van der Waals surface area contributed by atoms with Gasteiger partial charge in [0.1, 0.15) is 0 Å². The minimum absolute atomic E-state index is 0.867. The second-order valence-electron chi connectivity index (χ2n) is 3.45. The molecule has 0 unspecified atom stereocenters. The van der Waals surface area contributed by atoms with Gasteiger partial charge < -0.3 is 14.5 Å². The van der Waals surface area contributed by atoms with Crippen molar-refractivity contribution in [1.29, 1.82) is 0 Å². The lowest BCUT2D eigenvalue weighted by molar-refractivity contribution is 0.176. The average molecular weight is 174 g/mol. The summed E-state index contributed by atoms with van der Waals surface area (Å²) in [7, 11) is 8.10. The molecule has 0 heterocycles. The van der Waals surface area contributed by atoms with E-state index in [4.69, 9.17) is 4.74 Å². The summed E-state index contributed by atoms with van der Waals surface area (Å²) in [5, 5.41) is 0. The van der Waals surface area contributed by atoms with Crippen LogP contribution in [0.1, 0.15) is 6.42 Å². The Morgan fingerprint density at radius 2 is 1.67 bits per heavy atom. The summed E-state index contributed by atoms with van der Waals surface area (Å²) in [6.45, 7) is 4.26. The molecule has 0 aliphatic carbocycles. The third-order valence-corrected chi connectivity index (χ3v) is 1.82. The Morgan fingerprint density at radius 1 is 1.00 bits per heavy atom. The molecule has 0 bridgehead atoms. The molecule has 3 nitrogen and oxygen atoms in total. The molecule has 3 heteroatoms. The first-order valence-corrected chi connectivity index (χ1v) is 4.49. The van der Waals surface area contributed by atoms with Crippen LogP contribution in [0.15, 0.2) is 0 Å². The van der Waals surface area contributed by atoms with Gasteiger partial charge in [-0.1, -0.05) is 0 Å². The third-order valence-electron chi connectivity index (χ3n) is 1.82. The SMILES string of the molecule is COCCCN(C)CCN(C)C. The van der Waals surface area contributed by atoms with Gasteiger partial charge in [0.2, 0.25) is 0 Å². The van der Waals surface area contributed by atoms with Crippen LogP contribution in [0.4, 0.5) is 0 Å². The minimum atomic E-state index is 0.867. The molecule has 0 N–H and O–H groups in total. The van der Waals surface area contributed by atoms with Gasteiger partial charge in [0.15, 0.2) is 0 Å². The largest absolute Gasteiger partial charge is 0.385 e. The molecule has 0 rings (SSSR count). The van der Waals surface area contributed by atoms with Crippen molar-refractivity contribution in [3.63, 3.8) is 0 Å². The molecule has 0 radical (unpaired) electrons. The van der Waals surface area contributed by atoms with Gasteiger partial charge in [0.05, 0.1) is 0 Å². The van der Waals surface area contributed by atoms with Gasteiger partial charge in [-0.3, -0.25) is 0 Å². The Hall–Kier alpha value is -0.120. The van der Waals surface area contributed by atoms with E-state index in [1.165, 1.54) is 0 Å². The Morgan fingerprint density at radius 3 is 2.17 bits per heavy atom. The Bertz CT molecular complexity index is 96.5. The van der Waals surface area contributed by atoms with Crippen LogP contribution in [0, 0.1) is 0 Å². The fourth-order valence-electron chi connectivity index (χ4n) is 0.961. The van der Waals surface area contributed by atoms with E-state index in [1.807, 2.05) is 0 Å². The van der Waals surface area contributed by atoms with Crippen LogP contribution in [0.5, 0.6) is 0 Å². The molecule has 0 saturated carbocycles. The fourth-order valence-corrected chi connectivity index (χ4v) is 0.961. The second-order valence-corrected chi connectivity index (χ2v) is 3.45. The zero-order valence-electron chi connectivity index (χ0n) is 8.84. The van der Waals surface area contributed by atoms with Gasteiger partial charge >= 0.3 is 0 Å². The van der Waals surface area contributed by atoms with E-state index >= 15 is 0 Å². The van der Waals surface area contributed by atoms with Gasteiger partial charge in [-0.2, -0.15) is 0 Å². The highest BCUT2D eigenvalue weighted by Crippen LogP contribution is 1.88. The lowest BCUT2D eigenvalue weighted by Crippen LogP contribution is -2.29. The highest BCUT2D eigenvalue weighted by atomic mass is 16.5. The number of ether oxygens (including phenoxy) is 1. The number of methoxy groups -OCH3 is 1. The second kappa shape index (κ2) is 7.53. The molecular weight excluding hydrogens is 152 g/mol. The third kappa shape index (κ3) is 7.98. The highest BCUT2D eigenvalue weighted by Gasteiger charge is 1.97. The summed E-state index contributed by atoms with van der Waals surface area (Å²) < 4.78 is 4.98. The van der Waals surface area contributed by atoms with Crippen molar-refractivity contribution < 1.29 is 4.74 Å². The Balaban J connectivity index is 3.15. The normalized spacial score (nSPS) is 11.5. The van der Waals surface area contributed by atoms with E-state index in [0.717, 1.165) is 32.7 Å². The Labute approximate surface area is 76.3 Å². The molecule has 0 aliphatic heterocycles. The van der Waals surface area contributed by atoms with E-state index in [1.54, 1.807) is 7.11 Å². The first kappa shape index (κ1) is 11.9. The van der Waals surface area contributed by atoms with Gasteiger partial charge in [-0.05, 0) is 27.6 Å². The number of rotatable bonds is 7. The number of nitrogens with zero attached hydrogens (tertiary/aromatic N) is 2. The number of hydrogen-bond acceptors (Lipinski definition) is 3. The van der Waals surface area contributed by atoms with Crippen molar-refractivity contribution in [3.05, 3.63) is 0 Å². The molecular formula is C9H22N2O. The topological polar surface area (TPSA) is 15.7 Å². The standard InChI is InChI=1S/C9H22N2O/c1-10(2)7-8-11(3)6-5-9-12-4/h5-9H2,1-4H3. The molecule has 74 valence electrons. The monoisotopic (exact) mass is 174 g/mol. The number of likely N-dealkylation sites (N-methyl/N-ethyl adjacent to an activating group) is 2. The van der Waals surface area contributed by atoms with Crippen molar-refractivity contribution in [2.75, 3.05) is 54.5 Å². The predicted molar refractivity (Wildman–Crippen MR) is 52.5 cm³/mol.